The van der Waals surface area contributed by atoms with Crippen molar-refractivity contribution >= 4 is 12.6 Å². The summed E-state index contributed by atoms with van der Waals surface area (Å²) in [5, 5.41) is 9.19. The van der Waals surface area contributed by atoms with E-state index in [1.54, 1.807) is 13.8 Å². The standard InChI is InChI=1S/C6H14O3S/c1-4-8-6(3,7)9-5(2)10/h5,7,10H,4H2,1-3H3. The Morgan fingerprint density at radius 2 is 2.20 bits per heavy atom. The molecule has 2 unspecified atom stereocenters. The molecule has 0 aromatic heterocycles. The molecule has 0 aromatic carbocycles. The van der Waals surface area contributed by atoms with Gasteiger partial charge in [0.05, 0.1) is 0 Å². The molecule has 0 fully saturated rings. The first-order chi connectivity index (χ1) is 4.48. The maximum atomic E-state index is 9.19. The van der Waals surface area contributed by atoms with Gasteiger partial charge in [-0.25, -0.2) is 0 Å². The van der Waals surface area contributed by atoms with Crippen molar-refractivity contribution in [1.82, 2.24) is 0 Å². The molecule has 0 radical (unpaired) electrons. The number of rotatable bonds is 4. The molecule has 4 heteroatoms. The van der Waals surface area contributed by atoms with Crippen LogP contribution >= 0.6 is 12.6 Å². The summed E-state index contributed by atoms with van der Waals surface area (Å²) in [6.07, 6.45) is 0. The molecule has 0 saturated heterocycles. The predicted octanol–water partition coefficient (Wildman–Crippen LogP) is 0.981. The van der Waals surface area contributed by atoms with Gasteiger partial charge in [0.15, 0.2) is 0 Å². The second-order valence-corrected chi connectivity index (χ2v) is 2.78. The van der Waals surface area contributed by atoms with Crippen LogP contribution < -0.4 is 0 Å². The van der Waals surface area contributed by atoms with Crippen LogP contribution in [-0.2, 0) is 9.47 Å². The Bertz CT molecular complexity index is 93.0. The fraction of sp³-hybridized carbons (Fsp3) is 1.00. The quantitative estimate of drug-likeness (QED) is 0.483. The van der Waals surface area contributed by atoms with Gasteiger partial charge in [-0.1, -0.05) is 0 Å². The van der Waals surface area contributed by atoms with Crippen LogP contribution in [0.4, 0.5) is 0 Å². The minimum Gasteiger partial charge on any atom is -0.344 e. The van der Waals surface area contributed by atoms with E-state index in [0.29, 0.717) is 6.61 Å². The molecule has 0 bridgehead atoms. The zero-order valence-electron chi connectivity index (χ0n) is 6.50. The van der Waals surface area contributed by atoms with Gasteiger partial charge in [0.1, 0.15) is 5.44 Å². The molecular weight excluding hydrogens is 152 g/mol. The van der Waals surface area contributed by atoms with E-state index in [1.165, 1.54) is 6.92 Å². The molecule has 0 aromatic rings. The average Bonchev–Trinajstić information content (AvgIpc) is 1.59. The molecule has 62 valence electrons. The van der Waals surface area contributed by atoms with Crippen molar-refractivity contribution in [2.24, 2.45) is 0 Å². The summed E-state index contributed by atoms with van der Waals surface area (Å²) in [4.78, 5) is 0. The molecule has 0 heterocycles. The van der Waals surface area contributed by atoms with E-state index in [2.05, 4.69) is 12.6 Å². The molecule has 0 spiro atoms. The summed E-state index contributed by atoms with van der Waals surface area (Å²) in [7, 11) is 0. The second-order valence-electron chi connectivity index (χ2n) is 2.05. The first-order valence-corrected chi connectivity index (χ1v) is 3.72. The number of hydrogen-bond donors (Lipinski definition) is 2. The smallest absolute Gasteiger partial charge is 0.278 e. The van der Waals surface area contributed by atoms with Gasteiger partial charge in [-0.15, -0.1) is 12.6 Å². The van der Waals surface area contributed by atoms with Gasteiger partial charge in [0.2, 0.25) is 0 Å². The van der Waals surface area contributed by atoms with Crippen molar-refractivity contribution in [1.29, 1.82) is 0 Å². The lowest BCUT2D eigenvalue weighted by Gasteiger charge is -2.24. The molecule has 1 N–H and O–H groups in total. The summed E-state index contributed by atoms with van der Waals surface area (Å²) in [6.45, 7) is 5.33. The van der Waals surface area contributed by atoms with E-state index in [-0.39, 0.29) is 5.44 Å². The molecule has 0 aliphatic heterocycles. The predicted molar refractivity (Wildman–Crippen MR) is 41.8 cm³/mol. The van der Waals surface area contributed by atoms with Crippen molar-refractivity contribution in [3.8, 4) is 0 Å². The Kier molecular flexibility index (Phi) is 4.28. The summed E-state index contributed by atoms with van der Waals surface area (Å²) < 4.78 is 9.70. The lowest BCUT2D eigenvalue weighted by molar-refractivity contribution is -0.350. The van der Waals surface area contributed by atoms with Crippen molar-refractivity contribution in [3.05, 3.63) is 0 Å². The van der Waals surface area contributed by atoms with Crippen molar-refractivity contribution in [2.45, 2.75) is 32.2 Å². The molecule has 0 aliphatic carbocycles. The summed E-state index contributed by atoms with van der Waals surface area (Å²) in [5.41, 5.74) is -0.332. The molecule has 10 heavy (non-hydrogen) atoms. The molecule has 0 amide bonds. The SMILES string of the molecule is CCOC(C)(O)OC(C)S. The number of thiol groups is 1. The topological polar surface area (TPSA) is 38.7 Å². The van der Waals surface area contributed by atoms with Gasteiger partial charge >= 0.3 is 0 Å². The van der Waals surface area contributed by atoms with Gasteiger partial charge in [0, 0.05) is 13.5 Å². The Labute approximate surface area is 66.7 Å². The molecule has 3 nitrogen and oxygen atoms in total. The lowest BCUT2D eigenvalue weighted by Crippen LogP contribution is -2.33. The minimum atomic E-state index is -1.50. The lowest BCUT2D eigenvalue weighted by atomic mass is 10.6. The first-order valence-electron chi connectivity index (χ1n) is 3.20. The van der Waals surface area contributed by atoms with E-state index in [9.17, 15) is 5.11 Å². The van der Waals surface area contributed by atoms with Gasteiger partial charge in [-0.2, -0.15) is 0 Å². The highest BCUT2D eigenvalue weighted by Gasteiger charge is 2.22. The maximum absolute atomic E-state index is 9.19. The van der Waals surface area contributed by atoms with Gasteiger partial charge in [-0.3, -0.25) is 0 Å². The number of aliphatic hydroxyl groups is 1. The van der Waals surface area contributed by atoms with Gasteiger partial charge < -0.3 is 14.6 Å². The third-order valence-corrected chi connectivity index (χ3v) is 0.907. The van der Waals surface area contributed by atoms with E-state index in [4.69, 9.17) is 9.47 Å². The highest BCUT2D eigenvalue weighted by Crippen LogP contribution is 2.12. The highest BCUT2D eigenvalue weighted by atomic mass is 32.1. The third-order valence-electron chi connectivity index (χ3n) is 0.801. The normalized spacial score (nSPS) is 20.1. The molecule has 0 saturated carbocycles. The van der Waals surface area contributed by atoms with Gasteiger partial charge in [-0.05, 0) is 13.8 Å². The van der Waals surface area contributed by atoms with Crippen molar-refractivity contribution < 1.29 is 14.6 Å². The van der Waals surface area contributed by atoms with Crippen LogP contribution in [0.2, 0.25) is 0 Å². The fourth-order valence-electron chi connectivity index (χ4n) is 0.618. The average molecular weight is 166 g/mol. The van der Waals surface area contributed by atoms with E-state index in [1.807, 2.05) is 0 Å². The van der Waals surface area contributed by atoms with E-state index >= 15 is 0 Å². The minimum absolute atomic E-state index is 0.332. The van der Waals surface area contributed by atoms with E-state index < -0.39 is 5.97 Å². The molecule has 0 aliphatic rings. The monoisotopic (exact) mass is 166 g/mol. The van der Waals surface area contributed by atoms with Crippen LogP contribution in [0.1, 0.15) is 20.8 Å². The van der Waals surface area contributed by atoms with Crippen molar-refractivity contribution in [2.75, 3.05) is 6.61 Å². The molecule has 2 atom stereocenters. The van der Waals surface area contributed by atoms with Crippen LogP contribution in [0.5, 0.6) is 0 Å². The van der Waals surface area contributed by atoms with Crippen molar-refractivity contribution in [3.63, 3.8) is 0 Å². The van der Waals surface area contributed by atoms with Crippen LogP contribution in [0.15, 0.2) is 0 Å². The Morgan fingerprint density at radius 3 is 2.50 bits per heavy atom. The highest BCUT2D eigenvalue weighted by molar-refractivity contribution is 7.80. The Balaban J connectivity index is 3.63. The fourth-order valence-corrected chi connectivity index (χ4v) is 0.814. The molecule has 0 rings (SSSR count). The van der Waals surface area contributed by atoms with E-state index in [0.717, 1.165) is 0 Å². The Hall–Kier alpha value is 0.230. The second kappa shape index (κ2) is 4.18. The number of hydrogen-bond acceptors (Lipinski definition) is 4. The molecular formula is C6H14O3S. The van der Waals surface area contributed by atoms with Crippen LogP contribution in [0.25, 0.3) is 0 Å². The summed E-state index contributed by atoms with van der Waals surface area (Å²) in [6, 6.07) is 0. The summed E-state index contributed by atoms with van der Waals surface area (Å²) >= 11 is 3.92. The van der Waals surface area contributed by atoms with Crippen LogP contribution in [-0.4, -0.2) is 23.1 Å². The summed E-state index contributed by atoms with van der Waals surface area (Å²) in [5.74, 6) is -1.50. The van der Waals surface area contributed by atoms with Gasteiger partial charge in [0.25, 0.3) is 5.97 Å². The Morgan fingerprint density at radius 1 is 1.70 bits per heavy atom. The first kappa shape index (κ1) is 10.2. The van der Waals surface area contributed by atoms with Crippen LogP contribution in [0.3, 0.4) is 0 Å². The zero-order valence-corrected chi connectivity index (χ0v) is 7.39. The largest absolute Gasteiger partial charge is 0.344 e. The zero-order chi connectivity index (χ0) is 8.20. The maximum Gasteiger partial charge on any atom is 0.278 e. The number of ether oxygens (including phenoxy) is 2. The third kappa shape index (κ3) is 5.05. The van der Waals surface area contributed by atoms with Crippen LogP contribution in [0, 0.1) is 0 Å².